The Bertz CT molecular complexity index is 1230. The highest BCUT2D eigenvalue weighted by Crippen LogP contribution is 2.38. The molecule has 0 radical (unpaired) electrons. The van der Waals surface area contributed by atoms with E-state index in [-0.39, 0.29) is 5.91 Å². The molecule has 2 aliphatic rings. The zero-order chi connectivity index (χ0) is 22.2. The molecule has 3 aromatic rings. The highest BCUT2D eigenvalue weighted by molar-refractivity contribution is 6.20. The first kappa shape index (κ1) is 20.0. The summed E-state index contributed by atoms with van der Waals surface area (Å²) < 4.78 is 7.75. The zero-order valence-corrected chi connectivity index (χ0v) is 18.1. The number of aromatic nitrogens is 3. The average molecular weight is 432 g/mol. The number of anilines is 3. The molecule has 1 amide bonds. The van der Waals surface area contributed by atoms with Crippen LogP contribution in [0.2, 0.25) is 0 Å². The number of carbonyl (C=O) groups is 1. The fraction of sp³-hybridized carbons (Fsp3) is 0.304. The van der Waals surface area contributed by atoms with Gasteiger partial charge in [-0.15, -0.1) is 0 Å². The molecular formula is C23H25N7O2. The molecule has 2 aliphatic heterocycles. The summed E-state index contributed by atoms with van der Waals surface area (Å²) in [6.45, 7) is 3.12. The quantitative estimate of drug-likeness (QED) is 0.525. The van der Waals surface area contributed by atoms with E-state index in [9.17, 15) is 4.79 Å². The number of para-hydroxylation sites is 1. The molecule has 2 aromatic heterocycles. The molecule has 0 unspecified atom stereocenters. The molecular weight excluding hydrogens is 406 g/mol. The van der Waals surface area contributed by atoms with Crippen LogP contribution in [0.1, 0.15) is 35.3 Å². The van der Waals surface area contributed by atoms with Crippen LogP contribution in [0.25, 0.3) is 11.3 Å². The third kappa shape index (κ3) is 3.55. The number of ether oxygens (including phenoxy) is 1. The molecule has 3 N–H and O–H groups in total. The standard InChI is InChI=1S/C23H25N7O2/c1-14-11-15-12-19(26-14)16-13-25-29(2)22(16)32-10-5-3-4-9-30-20-17(24)7-6-8-18(20)27-23(30)28-21(15)31/h6-8,11-13H,3-5,9-10,24H2,1-2H3,(H,27,28,31). The number of aliphatic imine (C=N–C) groups is 1. The van der Waals surface area contributed by atoms with Gasteiger partial charge in [0.15, 0.2) is 0 Å². The normalized spacial score (nSPS) is 17.6. The van der Waals surface area contributed by atoms with E-state index in [4.69, 9.17) is 10.5 Å². The van der Waals surface area contributed by atoms with Crippen molar-refractivity contribution in [1.29, 1.82) is 0 Å². The summed E-state index contributed by atoms with van der Waals surface area (Å²) in [6.07, 6.45) is 4.46. The number of hydrogen-bond acceptors (Lipinski definition) is 7. The van der Waals surface area contributed by atoms with Crippen LogP contribution in [0.4, 0.5) is 17.1 Å². The van der Waals surface area contributed by atoms with E-state index < -0.39 is 0 Å². The fourth-order valence-electron chi connectivity index (χ4n) is 4.14. The maximum absolute atomic E-state index is 13.2. The van der Waals surface area contributed by atoms with Gasteiger partial charge in [0.1, 0.15) is 0 Å². The number of fused-ring (bicyclic) bond motifs is 7. The average Bonchev–Trinajstić information content (AvgIpc) is 3.30. The van der Waals surface area contributed by atoms with Crippen molar-refractivity contribution in [2.75, 3.05) is 29.1 Å². The van der Waals surface area contributed by atoms with Gasteiger partial charge >= 0.3 is 0 Å². The number of pyridine rings is 1. The third-order valence-electron chi connectivity index (χ3n) is 5.67. The Morgan fingerprint density at radius 3 is 2.94 bits per heavy atom. The second kappa shape index (κ2) is 7.99. The summed E-state index contributed by atoms with van der Waals surface area (Å²) in [5, 5.41) is 7.59. The van der Waals surface area contributed by atoms with Gasteiger partial charge in [-0.3, -0.25) is 9.78 Å². The largest absolute Gasteiger partial charge is 0.477 e. The molecule has 5 rings (SSSR count). The molecule has 0 aliphatic carbocycles. The van der Waals surface area contributed by atoms with E-state index in [0.29, 0.717) is 47.6 Å². The van der Waals surface area contributed by atoms with Crippen LogP contribution in [0.5, 0.6) is 5.88 Å². The van der Waals surface area contributed by atoms with Gasteiger partial charge < -0.3 is 20.7 Å². The zero-order valence-electron chi connectivity index (χ0n) is 18.1. The lowest BCUT2D eigenvalue weighted by molar-refractivity contribution is 0.100. The number of nitrogens with zero attached hydrogens (tertiary/aromatic N) is 5. The second-order valence-electron chi connectivity index (χ2n) is 8.04. The molecule has 0 saturated heterocycles. The van der Waals surface area contributed by atoms with Crippen molar-refractivity contribution in [3.05, 3.63) is 47.8 Å². The maximum Gasteiger partial charge on any atom is 0.280 e. The van der Waals surface area contributed by atoms with Crippen LogP contribution in [0.3, 0.4) is 0 Å². The molecule has 4 heterocycles. The summed E-state index contributed by atoms with van der Waals surface area (Å²) in [5.41, 5.74) is 11.2. The topological polar surface area (TPSA) is 111 Å². The Labute approximate surface area is 185 Å². The minimum Gasteiger partial charge on any atom is -0.477 e. The van der Waals surface area contributed by atoms with Gasteiger partial charge in [-0.05, 0) is 50.5 Å². The smallest absolute Gasteiger partial charge is 0.280 e. The van der Waals surface area contributed by atoms with Crippen LogP contribution in [0.15, 0.2) is 41.5 Å². The predicted molar refractivity (Wildman–Crippen MR) is 124 cm³/mol. The minimum atomic E-state index is -0.350. The van der Waals surface area contributed by atoms with E-state index in [2.05, 4.69) is 20.4 Å². The molecule has 9 nitrogen and oxygen atoms in total. The molecule has 0 fully saturated rings. The first-order valence-electron chi connectivity index (χ1n) is 10.7. The van der Waals surface area contributed by atoms with Crippen molar-refractivity contribution in [1.82, 2.24) is 14.8 Å². The highest BCUT2D eigenvalue weighted by atomic mass is 16.5. The van der Waals surface area contributed by atoms with Crippen molar-refractivity contribution < 1.29 is 9.53 Å². The van der Waals surface area contributed by atoms with Crippen molar-refractivity contribution >= 4 is 28.9 Å². The Morgan fingerprint density at radius 2 is 2.06 bits per heavy atom. The molecule has 9 heteroatoms. The molecule has 164 valence electrons. The van der Waals surface area contributed by atoms with Crippen LogP contribution in [-0.2, 0) is 7.05 Å². The lowest BCUT2D eigenvalue weighted by Gasteiger charge is -2.20. The Morgan fingerprint density at radius 1 is 1.19 bits per heavy atom. The van der Waals surface area contributed by atoms with Crippen molar-refractivity contribution in [2.24, 2.45) is 12.0 Å². The van der Waals surface area contributed by atoms with Gasteiger partial charge in [-0.25, -0.2) is 4.68 Å². The number of amides is 1. The number of nitrogens with two attached hydrogens (primary N) is 1. The molecule has 1 aromatic carbocycles. The highest BCUT2D eigenvalue weighted by Gasteiger charge is 2.28. The second-order valence-corrected chi connectivity index (χ2v) is 8.04. The van der Waals surface area contributed by atoms with Gasteiger partial charge in [0, 0.05) is 24.8 Å². The van der Waals surface area contributed by atoms with Gasteiger partial charge in [0.25, 0.3) is 5.91 Å². The first-order chi connectivity index (χ1) is 15.5. The molecule has 0 saturated carbocycles. The number of aryl methyl sites for hydroxylation is 2. The lowest BCUT2D eigenvalue weighted by atomic mass is 10.1. The summed E-state index contributed by atoms with van der Waals surface area (Å²) >= 11 is 0. The van der Waals surface area contributed by atoms with E-state index in [1.165, 1.54) is 0 Å². The SMILES string of the molecule is Cc1cc2cc(n1)-c1cnn(C)c1OCCCCCN1/C(=N/C2=O)Nc2cccc(N)c21. The van der Waals surface area contributed by atoms with Crippen LogP contribution < -0.4 is 20.7 Å². The lowest BCUT2D eigenvalue weighted by Crippen LogP contribution is -2.32. The fourth-order valence-corrected chi connectivity index (χ4v) is 4.14. The Hall–Kier alpha value is -3.88. The third-order valence-corrected chi connectivity index (χ3v) is 5.67. The van der Waals surface area contributed by atoms with Crippen LogP contribution in [0, 0.1) is 6.92 Å². The van der Waals surface area contributed by atoms with Crippen molar-refractivity contribution in [3.63, 3.8) is 0 Å². The molecule has 0 atom stereocenters. The number of benzene rings is 1. The summed E-state index contributed by atoms with van der Waals surface area (Å²) in [7, 11) is 1.84. The van der Waals surface area contributed by atoms with Gasteiger partial charge in [-0.2, -0.15) is 10.1 Å². The first-order valence-corrected chi connectivity index (χ1v) is 10.7. The summed E-state index contributed by atoms with van der Waals surface area (Å²) in [5.74, 6) is 0.788. The number of guanidine groups is 1. The summed E-state index contributed by atoms with van der Waals surface area (Å²) in [4.78, 5) is 24.2. The molecule has 0 spiro atoms. The summed E-state index contributed by atoms with van der Waals surface area (Å²) in [6, 6.07) is 9.17. The number of nitrogen functional groups attached to an aromatic ring is 1. The Kier molecular flexibility index (Phi) is 5.01. The van der Waals surface area contributed by atoms with E-state index in [0.717, 1.165) is 36.2 Å². The molecule has 2 bridgehead atoms. The van der Waals surface area contributed by atoms with E-state index in [1.807, 2.05) is 37.1 Å². The number of carbonyl (C=O) groups excluding carboxylic acids is 1. The van der Waals surface area contributed by atoms with Gasteiger partial charge in [0.2, 0.25) is 11.8 Å². The Balaban J connectivity index is 1.60. The minimum absolute atomic E-state index is 0.350. The number of rotatable bonds is 0. The van der Waals surface area contributed by atoms with E-state index >= 15 is 0 Å². The van der Waals surface area contributed by atoms with Gasteiger partial charge in [-0.1, -0.05) is 6.07 Å². The van der Waals surface area contributed by atoms with E-state index in [1.54, 1.807) is 23.0 Å². The van der Waals surface area contributed by atoms with Crippen LogP contribution in [-0.4, -0.2) is 39.8 Å². The number of hydrogen-bond donors (Lipinski definition) is 2. The van der Waals surface area contributed by atoms with Gasteiger partial charge in [0.05, 0.1) is 41.1 Å². The predicted octanol–water partition coefficient (Wildman–Crippen LogP) is 3.36. The maximum atomic E-state index is 13.2. The number of nitrogens with one attached hydrogen (secondary N) is 1. The molecule has 32 heavy (non-hydrogen) atoms. The van der Waals surface area contributed by atoms with Crippen molar-refractivity contribution in [3.8, 4) is 17.1 Å². The van der Waals surface area contributed by atoms with Crippen LogP contribution >= 0.6 is 0 Å². The van der Waals surface area contributed by atoms with Crippen molar-refractivity contribution in [2.45, 2.75) is 26.2 Å². The monoisotopic (exact) mass is 431 g/mol.